The van der Waals surface area contributed by atoms with E-state index in [9.17, 15) is 4.39 Å². The van der Waals surface area contributed by atoms with E-state index in [1.165, 1.54) is 12.3 Å². The van der Waals surface area contributed by atoms with Crippen LogP contribution in [0.2, 0.25) is 18.1 Å². The smallest absolute Gasteiger partial charge is 0.213 e. The Hall–Kier alpha value is -3.56. The van der Waals surface area contributed by atoms with Gasteiger partial charge in [0.05, 0.1) is 37.1 Å². The Labute approximate surface area is 231 Å². The molecule has 0 radical (unpaired) electrons. The lowest BCUT2D eigenvalue weighted by Gasteiger charge is -2.36. The van der Waals surface area contributed by atoms with E-state index in [4.69, 9.17) is 18.9 Å². The first-order chi connectivity index (χ1) is 18.5. The molecule has 206 valence electrons. The van der Waals surface area contributed by atoms with E-state index in [1.54, 1.807) is 26.5 Å². The molecular formula is C30H37FN4O3Si. The second-order valence-electron chi connectivity index (χ2n) is 11.0. The molecule has 0 fully saturated rings. The molecule has 39 heavy (non-hydrogen) atoms. The number of fused-ring (bicyclic) bond motifs is 1. The number of aromatic nitrogens is 3. The molecule has 0 saturated carbocycles. The molecule has 0 aliphatic rings. The lowest BCUT2D eigenvalue weighted by atomic mass is 10.1. The number of nitrogens with zero attached hydrogens (tertiary/aromatic N) is 4. The standard InChI is InChI=1S/C30H37FN4O3Si/c1-30(2,3)39(6,7)38-14-8-13-35(23-16-24(36-4)19-25(17-23)37-5)22-9-10-26-27(18-22)34-28(20-33-26)21-11-12-32-29(31)15-21/h9-12,15-20H,8,13-14H2,1-7H3. The molecule has 0 amide bonds. The minimum Gasteiger partial charge on any atom is -0.497 e. The van der Waals surface area contributed by atoms with Gasteiger partial charge in [-0.15, -0.1) is 0 Å². The van der Waals surface area contributed by atoms with Gasteiger partial charge in [-0.1, -0.05) is 20.8 Å². The highest BCUT2D eigenvalue weighted by molar-refractivity contribution is 6.74. The van der Waals surface area contributed by atoms with E-state index >= 15 is 0 Å². The molecule has 7 nitrogen and oxygen atoms in total. The predicted molar refractivity (Wildman–Crippen MR) is 157 cm³/mol. The summed E-state index contributed by atoms with van der Waals surface area (Å²) in [5.74, 6) is 0.852. The van der Waals surface area contributed by atoms with E-state index in [1.807, 2.05) is 36.4 Å². The van der Waals surface area contributed by atoms with Gasteiger partial charge in [0.25, 0.3) is 0 Å². The summed E-state index contributed by atoms with van der Waals surface area (Å²) < 4.78 is 31.3. The lowest BCUT2D eigenvalue weighted by molar-refractivity contribution is 0.284. The van der Waals surface area contributed by atoms with Crippen LogP contribution in [0, 0.1) is 5.95 Å². The van der Waals surface area contributed by atoms with Gasteiger partial charge in [0, 0.05) is 60.6 Å². The summed E-state index contributed by atoms with van der Waals surface area (Å²) in [7, 11) is 1.44. The van der Waals surface area contributed by atoms with Crippen LogP contribution in [0.25, 0.3) is 22.3 Å². The lowest BCUT2D eigenvalue weighted by Crippen LogP contribution is -2.41. The van der Waals surface area contributed by atoms with Crippen LogP contribution in [0.15, 0.2) is 60.9 Å². The molecule has 0 N–H and O–H groups in total. The topological polar surface area (TPSA) is 69.6 Å². The molecule has 2 aromatic heterocycles. The Bertz CT molecular complexity index is 1420. The molecule has 2 heterocycles. The first-order valence-electron chi connectivity index (χ1n) is 13.0. The van der Waals surface area contributed by atoms with Crippen molar-refractivity contribution in [2.45, 2.75) is 45.3 Å². The highest BCUT2D eigenvalue weighted by Gasteiger charge is 2.36. The fourth-order valence-corrected chi connectivity index (χ4v) is 5.08. The van der Waals surface area contributed by atoms with Gasteiger partial charge in [-0.05, 0) is 48.8 Å². The van der Waals surface area contributed by atoms with Crippen LogP contribution in [-0.2, 0) is 4.43 Å². The molecule has 0 saturated heterocycles. The SMILES string of the molecule is COc1cc(OC)cc(N(CCCO[Si](C)(C)C(C)(C)C)c2ccc3ncc(-c4ccnc(F)c4)nc3c2)c1. The van der Waals surface area contributed by atoms with E-state index < -0.39 is 14.3 Å². The average Bonchev–Trinajstić information content (AvgIpc) is 2.91. The Balaban J connectivity index is 1.69. The number of benzene rings is 2. The van der Waals surface area contributed by atoms with E-state index in [0.717, 1.165) is 23.3 Å². The quantitative estimate of drug-likeness (QED) is 0.116. The Morgan fingerprint density at radius 3 is 2.23 bits per heavy atom. The number of hydrogen-bond donors (Lipinski definition) is 0. The number of hydrogen-bond acceptors (Lipinski definition) is 7. The molecule has 0 unspecified atom stereocenters. The third-order valence-electron chi connectivity index (χ3n) is 7.30. The first-order valence-corrected chi connectivity index (χ1v) is 15.9. The van der Waals surface area contributed by atoms with Gasteiger partial charge < -0.3 is 18.8 Å². The molecule has 0 aliphatic carbocycles. The van der Waals surface area contributed by atoms with Crippen molar-refractivity contribution in [1.82, 2.24) is 15.0 Å². The normalized spacial score (nSPS) is 12.0. The summed E-state index contributed by atoms with van der Waals surface area (Å²) in [6.45, 7) is 12.7. The maximum Gasteiger partial charge on any atom is 0.213 e. The molecule has 0 spiro atoms. The molecule has 0 bridgehead atoms. The van der Waals surface area contributed by atoms with Crippen molar-refractivity contribution in [3.8, 4) is 22.8 Å². The van der Waals surface area contributed by atoms with Gasteiger partial charge in [-0.25, -0.2) is 9.97 Å². The number of methoxy groups -OCH3 is 2. The van der Waals surface area contributed by atoms with Crippen molar-refractivity contribution in [2.75, 3.05) is 32.3 Å². The predicted octanol–water partition coefficient (Wildman–Crippen LogP) is 7.40. The van der Waals surface area contributed by atoms with Crippen LogP contribution in [-0.4, -0.2) is 50.6 Å². The summed E-state index contributed by atoms with van der Waals surface area (Å²) in [6, 6.07) is 14.9. The Morgan fingerprint density at radius 2 is 1.59 bits per heavy atom. The number of pyridine rings is 1. The first kappa shape index (κ1) is 28.4. The van der Waals surface area contributed by atoms with Crippen molar-refractivity contribution >= 4 is 30.7 Å². The largest absolute Gasteiger partial charge is 0.497 e. The number of halogens is 1. The zero-order chi connectivity index (χ0) is 28.2. The molecule has 0 atom stereocenters. The maximum absolute atomic E-state index is 13.7. The van der Waals surface area contributed by atoms with Gasteiger partial charge in [0.1, 0.15) is 11.5 Å². The van der Waals surface area contributed by atoms with E-state index in [0.29, 0.717) is 41.4 Å². The van der Waals surface area contributed by atoms with E-state index in [-0.39, 0.29) is 5.04 Å². The zero-order valence-corrected chi connectivity index (χ0v) is 24.8. The van der Waals surface area contributed by atoms with Crippen molar-refractivity contribution in [3.05, 3.63) is 66.9 Å². The maximum atomic E-state index is 13.7. The van der Waals surface area contributed by atoms with Crippen LogP contribution < -0.4 is 14.4 Å². The third kappa shape index (κ3) is 6.72. The van der Waals surface area contributed by atoms with Crippen molar-refractivity contribution in [3.63, 3.8) is 0 Å². The van der Waals surface area contributed by atoms with Crippen molar-refractivity contribution in [2.24, 2.45) is 0 Å². The zero-order valence-electron chi connectivity index (χ0n) is 23.8. The summed E-state index contributed by atoms with van der Waals surface area (Å²) >= 11 is 0. The summed E-state index contributed by atoms with van der Waals surface area (Å²) in [5.41, 5.74) is 4.54. The fraction of sp³-hybridized carbons (Fsp3) is 0.367. The van der Waals surface area contributed by atoms with Gasteiger partial charge >= 0.3 is 0 Å². The minimum atomic E-state index is -1.85. The molecule has 4 rings (SSSR count). The van der Waals surface area contributed by atoms with Gasteiger partial charge in [0.15, 0.2) is 8.32 Å². The molecule has 9 heteroatoms. The van der Waals surface area contributed by atoms with E-state index in [2.05, 4.69) is 48.7 Å². The second kappa shape index (κ2) is 11.7. The van der Waals surface area contributed by atoms with Crippen LogP contribution in [0.1, 0.15) is 27.2 Å². The average molecular weight is 549 g/mol. The Morgan fingerprint density at radius 1 is 0.872 bits per heavy atom. The molecular weight excluding hydrogens is 511 g/mol. The third-order valence-corrected chi connectivity index (χ3v) is 11.8. The molecule has 4 aromatic rings. The molecule has 0 aliphatic heterocycles. The number of rotatable bonds is 10. The van der Waals surface area contributed by atoms with Gasteiger partial charge in [0.2, 0.25) is 5.95 Å². The van der Waals surface area contributed by atoms with Gasteiger partial charge in [-0.3, -0.25) is 4.98 Å². The molecule has 2 aromatic carbocycles. The highest BCUT2D eigenvalue weighted by atomic mass is 28.4. The summed E-state index contributed by atoms with van der Waals surface area (Å²) in [4.78, 5) is 15.2. The second-order valence-corrected chi connectivity index (χ2v) is 15.8. The summed E-state index contributed by atoms with van der Waals surface area (Å²) in [6.07, 6.45) is 3.91. The van der Waals surface area contributed by atoms with Crippen molar-refractivity contribution < 1.29 is 18.3 Å². The number of anilines is 2. The van der Waals surface area contributed by atoms with Crippen molar-refractivity contribution in [1.29, 1.82) is 0 Å². The van der Waals surface area contributed by atoms with Gasteiger partial charge in [-0.2, -0.15) is 4.39 Å². The number of ether oxygens (including phenoxy) is 2. The van der Waals surface area contributed by atoms with Crippen LogP contribution in [0.5, 0.6) is 11.5 Å². The Kier molecular flexibility index (Phi) is 8.51. The minimum absolute atomic E-state index is 0.152. The van der Waals surface area contributed by atoms with Crippen LogP contribution >= 0.6 is 0 Å². The highest BCUT2D eigenvalue weighted by Crippen LogP contribution is 2.37. The summed E-state index contributed by atoms with van der Waals surface area (Å²) in [5, 5.41) is 0.152. The van der Waals surface area contributed by atoms with Crippen LogP contribution in [0.3, 0.4) is 0 Å². The monoisotopic (exact) mass is 548 g/mol. The fourth-order valence-electron chi connectivity index (χ4n) is 3.99. The van der Waals surface area contributed by atoms with Crippen LogP contribution in [0.4, 0.5) is 15.8 Å².